The Hall–Kier alpha value is -2.82. The number of benzene rings is 2. The van der Waals surface area contributed by atoms with Crippen molar-refractivity contribution in [2.75, 3.05) is 11.9 Å². The molecule has 5 nitrogen and oxygen atoms in total. The third-order valence-electron chi connectivity index (χ3n) is 3.10. The van der Waals surface area contributed by atoms with Gasteiger partial charge in [-0.2, -0.15) is 0 Å². The molecule has 2 rings (SSSR count). The minimum Gasteiger partial charge on any atom is -0.376 e. The van der Waals surface area contributed by atoms with Crippen LogP contribution in [0.2, 0.25) is 0 Å². The van der Waals surface area contributed by atoms with Gasteiger partial charge in [-0.15, -0.1) is 0 Å². The third kappa shape index (κ3) is 4.63. The second-order valence-corrected chi connectivity index (χ2v) is 5.09. The van der Waals surface area contributed by atoms with E-state index in [9.17, 15) is 9.59 Å². The van der Waals surface area contributed by atoms with Crippen molar-refractivity contribution >= 4 is 17.5 Å². The number of carbonyl (C=O) groups excluding carboxylic acids is 2. The Bertz CT molecular complexity index is 666. The lowest BCUT2D eigenvalue weighted by atomic mass is 10.1. The van der Waals surface area contributed by atoms with Crippen LogP contribution in [0.5, 0.6) is 0 Å². The zero-order valence-electron chi connectivity index (χ0n) is 12.6. The second-order valence-electron chi connectivity index (χ2n) is 5.09. The molecule has 0 fully saturated rings. The predicted molar refractivity (Wildman–Crippen MR) is 86.5 cm³/mol. The first-order valence-corrected chi connectivity index (χ1v) is 7.01. The fourth-order valence-electron chi connectivity index (χ4n) is 1.88. The summed E-state index contributed by atoms with van der Waals surface area (Å²) in [4.78, 5) is 23.6. The Morgan fingerprint density at radius 3 is 2.32 bits per heavy atom. The second kappa shape index (κ2) is 7.26. The topological polar surface area (TPSA) is 70.2 Å². The summed E-state index contributed by atoms with van der Waals surface area (Å²) in [5.74, 6) is -0.658. The highest BCUT2D eigenvalue weighted by Gasteiger charge is 2.07. The maximum atomic E-state index is 11.9. The molecule has 0 unspecified atom stereocenters. The van der Waals surface area contributed by atoms with E-state index < -0.39 is 0 Å². The molecule has 2 amide bonds. The Morgan fingerprint density at radius 2 is 1.64 bits per heavy atom. The fraction of sp³-hybridized carbons (Fsp3) is 0.176. The summed E-state index contributed by atoms with van der Waals surface area (Å²) in [5.41, 5.74) is 8.27. The molecule has 0 spiro atoms. The Balaban J connectivity index is 1.78. The van der Waals surface area contributed by atoms with Crippen molar-refractivity contribution in [1.29, 1.82) is 0 Å². The lowest BCUT2D eigenvalue weighted by Gasteiger charge is -2.09. The first kappa shape index (κ1) is 15.6. The molecule has 0 saturated heterocycles. The molecule has 5 heteroatoms. The van der Waals surface area contributed by atoms with Crippen LogP contribution >= 0.6 is 0 Å². The van der Waals surface area contributed by atoms with E-state index >= 15 is 0 Å². The summed E-state index contributed by atoms with van der Waals surface area (Å²) in [7, 11) is 0. The van der Waals surface area contributed by atoms with E-state index in [0.717, 1.165) is 16.8 Å². The summed E-state index contributed by atoms with van der Waals surface area (Å²) >= 11 is 0. The van der Waals surface area contributed by atoms with Crippen LogP contribution < -0.4 is 16.2 Å². The molecule has 2 aromatic carbocycles. The van der Waals surface area contributed by atoms with Crippen molar-refractivity contribution < 1.29 is 9.59 Å². The van der Waals surface area contributed by atoms with Crippen LogP contribution in [0.3, 0.4) is 0 Å². The smallest absolute Gasteiger partial charge is 0.269 e. The molecule has 0 saturated carbocycles. The monoisotopic (exact) mass is 297 g/mol. The molecule has 22 heavy (non-hydrogen) atoms. The summed E-state index contributed by atoms with van der Waals surface area (Å²) in [5, 5.41) is 2.98. The van der Waals surface area contributed by atoms with Crippen LogP contribution in [0.4, 0.5) is 5.69 Å². The molecule has 3 N–H and O–H groups in total. The Labute approximate surface area is 129 Å². The molecule has 0 aliphatic rings. The molecule has 0 heterocycles. The van der Waals surface area contributed by atoms with E-state index in [0.29, 0.717) is 5.56 Å². The van der Waals surface area contributed by atoms with Gasteiger partial charge in [0, 0.05) is 11.3 Å². The molecule has 0 aliphatic carbocycles. The van der Waals surface area contributed by atoms with Gasteiger partial charge >= 0.3 is 0 Å². The van der Waals surface area contributed by atoms with Gasteiger partial charge in [-0.05, 0) is 38.1 Å². The lowest BCUT2D eigenvalue weighted by Crippen LogP contribution is -2.44. The standard InChI is InChI=1S/C17H19N3O2/c1-12-6-8-15(9-7-12)18-11-16(21)19-20-17(22)14-5-3-4-13(2)10-14/h3-10,18H,11H2,1-2H3,(H,19,21)(H,20,22). The summed E-state index contributed by atoms with van der Waals surface area (Å²) < 4.78 is 0. The van der Waals surface area contributed by atoms with Crippen LogP contribution in [-0.2, 0) is 4.79 Å². The van der Waals surface area contributed by atoms with Crippen LogP contribution in [0.15, 0.2) is 48.5 Å². The maximum Gasteiger partial charge on any atom is 0.269 e. The number of nitrogens with one attached hydrogen (secondary N) is 3. The molecular weight excluding hydrogens is 278 g/mol. The largest absolute Gasteiger partial charge is 0.376 e. The van der Waals surface area contributed by atoms with Crippen molar-refractivity contribution in [3.63, 3.8) is 0 Å². The van der Waals surface area contributed by atoms with Gasteiger partial charge < -0.3 is 5.32 Å². The minimum atomic E-state index is -0.340. The number of anilines is 1. The summed E-state index contributed by atoms with van der Waals surface area (Å²) in [6.07, 6.45) is 0. The molecule has 0 bridgehead atoms. The van der Waals surface area contributed by atoms with Gasteiger partial charge in [0.1, 0.15) is 0 Å². The van der Waals surface area contributed by atoms with Crippen LogP contribution in [0.25, 0.3) is 0 Å². The molecule has 0 radical (unpaired) electrons. The summed E-state index contributed by atoms with van der Waals surface area (Å²) in [6.45, 7) is 3.98. The van der Waals surface area contributed by atoms with Gasteiger partial charge in [0.25, 0.3) is 11.8 Å². The van der Waals surface area contributed by atoms with Crippen LogP contribution in [-0.4, -0.2) is 18.4 Å². The van der Waals surface area contributed by atoms with Crippen molar-refractivity contribution in [1.82, 2.24) is 10.9 Å². The van der Waals surface area contributed by atoms with Gasteiger partial charge in [0.2, 0.25) is 0 Å². The highest BCUT2D eigenvalue weighted by atomic mass is 16.2. The Kier molecular flexibility index (Phi) is 5.14. The van der Waals surface area contributed by atoms with E-state index in [1.165, 1.54) is 0 Å². The maximum absolute atomic E-state index is 11.9. The van der Waals surface area contributed by atoms with E-state index in [1.807, 2.05) is 44.2 Å². The molecule has 0 aliphatic heterocycles. The first-order chi connectivity index (χ1) is 10.5. The SMILES string of the molecule is Cc1ccc(NCC(=O)NNC(=O)c2cccc(C)c2)cc1. The molecule has 114 valence electrons. The van der Waals surface area contributed by atoms with Gasteiger partial charge in [-0.3, -0.25) is 20.4 Å². The Morgan fingerprint density at radius 1 is 0.909 bits per heavy atom. The highest BCUT2D eigenvalue weighted by Crippen LogP contribution is 2.07. The normalized spacial score (nSPS) is 9.91. The minimum absolute atomic E-state index is 0.0805. The average Bonchev–Trinajstić information content (AvgIpc) is 2.52. The van der Waals surface area contributed by atoms with Crippen molar-refractivity contribution in [3.05, 3.63) is 65.2 Å². The number of rotatable bonds is 4. The average molecular weight is 297 g/mol. The van der Waals surface area contributed by atoms with Crippen LogP contribution in [0, 0.1) is 13.8 Å². The quantitative estimate of drug-likeness (QED) is 0.758. The number of carbonyl (C=O) groups is 2. The van der Waals surface area contributed by atoms with Crippen LogP contribution in [0.1, 0.15) is 21.5 Å². The van der Waals surface area contributed by atoms with Gasteiger partial charge in [0.05, 0.1) is 6.54 Å². The highest BCUT2D eigenvalue weighted by molar-refractivity contribution is 5.95. The van der Waals surface area contributed by atoms with E-state index in [2.05, 4.69) is 16.2 Å². The first-order valence-electron chi connectivity index (χ1n) is 7.01. The number of hydrogen-bond acceptors (Lipinski definition) is 3. The number of hydrogen-bond donors (Lipinski definition) is 3. The van der Waals surface area contributed by atoms with E-state index in [1.54, 1.807) is 18.2 Å². The van der Waals surface area contributed by atoms with Gasteiger partial charge in [-0.1, -0.05) is 35.4 Å². The fourth-order valence-corrected chi connectivity index (χ4v) is 1.88. The number of amides is 2. The molecule has 2 aromatic rings. The van der Waals surface area contributed by atoms with Crippen molar-refractivity contribution in [2.45, 2.75) is 13.8 Å². The number of aryl methyl sites for hydroxylation is 2. The predicted octanol–water partition coefficient (Wildman–Crippen LogP) is 2.18. The summed E-state index contributed by atoms with van der Waals surface area (Å²) in [6, 6.07) is 14.9. The molecule has 0 atom stereocenters. The zero-order valence-corrected chi connectivity index (χ0v) is 12.6. The third-order valence-corrected chi connectivity index (χ3v) is 3.10. The van der Waals surface area contributed by atoms with Gasteiger partial charge in [0.15, 0.2) is 0 Å². The lowest BCUT2D eigenvalue weighted by molar-refractivity contribution is -0.120. The van der Waals surface area contributed by atoms with Crippen molar-refractivity contribution in [2.24, 2.45) is 0 Å². The van der Waals surface area contributed by atoms with E-state index in [-0.39, 0.29) is 18.4 Å². The zero-order chi connectivity index (χ0) is 15.9. The van der Waals surface area contributed by atoms with E-state index in [4.69, 9.17) is 0 Å². The van der Waals surface area contributed by atoms with Crippen molar-refractivity contribution in [3.8, 4) is 0 Å². The molecular formula is C17H19N3O2. The van der Waals surface area contributed by atoms with Gasteiger partial charge in [-0.25, -0.2) is 0 Å². The molecule has 0 aromatic heterocycles. The number of hydrazine groups is 1.